The highest BCUT2D eigenvalue weighted by Gasteiger charge is 2.48. The van der Waals surface area contributed by atoms with Gasteiger partial charge in [0.05, 0.1) is 5.54 Å². The van der Waals surface area contributed by atoms with Crippen molar-refractivity contribution in [3.63, 3.8) is 0 Å². The van der Waals surface area contributed by atoms with Crippen LogP contribution in [0.15, 0.2) is 51.9 Å². The van der Waals surface area contributed by atoms with E-state index in [0.717, 1.165) is 40.9 Å². The number of nitrogens with zero attached hydrogens (tertiary/aromatic N) is 1. The van der Waals surface area contributed by atoms with Crippen LogP contribution in [0, 0.1) is 11.7 Å². The van der Waals surface area contributed by atoms with Gasteiger partial charge in [-0.1, -0.05) is 34.1 Å². The van der Waals surface area contributed by atoms with E-state index < -0.39 is 5.54 Å². The second-order valence-corrected chi connectivity index (χ2v) is 8.56. The SMILES string of the molecule is NC1=N[C@@]2(c3cc(Nc4ccc(Br)cc4)ccc3F)CCC[C@H]2CS1. The minimum atomic E-state index is -0.503. The quantitative estimate of drug-likeness (QED) is 0.700. The number of fused-ring (bicyclic) bond motifs is 1. The van der Waals surface area contributed by atoms with Gasteiger partial charge in [0.2, 0.25) is 0 Å². The molecule has 2 aliphatic rings. The van der Waals surface area contributed by atoms with Crippen LogP contribution in [0.5, 0.6) is 0 Å². The van der Waals surface area contributed by atoms with Crippen LogP contribution in [0.1, 0.15) is 24.8 Å². The Hall–Kier alpha value is -1.53. The first-order chi connectivity index (χ1) is 12.1. The van der Waals surface area contributed by atoms with Crippen LogP contribution in [0.3, 0.4) is 0 Å². The number of aliphatic imine (C=N–C) groups is 1. The first-order valence-electron chi connectivity index (χ1n) is 8.37. The molecule has 2 aromatic carbocycles. The number of halogens is 2. The Balaban J connectivity index is 1.72. The molecule has 0 bridgehead atoms. The summed E-state index contributed by atoms with van der Waals surface area (Å²) in [7, 11) is 0. The van der Waals surface area contributed by atoms with Gasteiger partial charge >= 0.3 is 0 Å². The third-order valence-electron chi connectivity index (χ3n) is 5.09. The zero-order valence-electron chi connectivity index (χ0n) is 13.6. The summed E-state index contributed by atoms with van der Waals surface area (Å²) >= 11 is 5.02. The lowest BCUT2D eigenvalue weighted by molar-refractivity contribution is 0.341. The largest absolute Gasteiger partial charge is 0.379 e. The van der Waals surface area contributed by atoms with Crippen LogP contribution in [0.2, 0.25) is 0 Å². The van der Waals surface area contributed by atoms with E-state index in [2.05, 4.69) is 21.2 Å². The topological polar surface area (TPSA) is 50.4 Å². The first kappa shape index (κ1) is 16.9. The van der Waals surface area contributed by atoms with Crippen molar-refractivity contribution in [1.29, 1.82) is 0 Å². The second-order valence-electron chi connectivity index (χ2n) is 6.60. The number of nitrogens with two attached hydrogens (primary N) is 1. The Morgan fingerprint density at radius 2 is 1.96 bits per heavy atom. The molecule has 0 unspecified atom stereocenters. The summed E-state index contributed by atoms with van der Waals surface area (Å²) in [6.07, 6.45) is 3.00. The molecule has 2 atom stereocenters. The van der Waals surface area contributed by atoms with E-state index in [1.807, 2.05) is 30.3 Å². The van der Waals surface area contributed by atoms with Gasteiger partial charge < -0.3 is 11.1 Å². The maximum absolute atomic E-state index is 14.8. The third kappa shape index (κ3) is 3.17. The lowest BCUT2D eigenvalue weighted by Gasteiger charge is -2.36. The zero-order chi connectivity index (χ0) is 17.4. The molecule has 6 heteroatoms. The van der Waals surface area contributed by atoms with Gasteiger partial charge in [0.25, 0.3) is 0 Å². The van der Waals surface area contributed by atoms with Crippen LogP contribution in [0.4, 0.5) is 15.8 Å². The van der Waals surface area contributed by atoms with Gasteiger partial charge in [0.15, 0.2) is 5.17 Å². The van der Waals surface area contributed by atoms with Crippen molar-refractivity contribution in [3.8, 4) is 0 Å². The fourth-order valence-corrected chi connectivity index (χ4v) is 5.20. The predicted molar refractivity (Wildman–Crippen MR) is 107 cm³/mol. The minimum Gasteiger partial charge on any atom is -0.379 e. The van der Waals surface area contributed by atoms with Crippen molar-refractivity contribution in [2.24, 2.45) is 16.6 Å². The van der Waals surface area contributed by atoms with Gasteiger partial charge in [-0.25, -0.2) is 4.39 Å². The molecule has 1 fully saturated rings. The number of hydrogen-bond donors (Lipinski definition) is 2. The fourth-order valence-electron chi connectivity index (χ4n) is 3.89. The summed E-state index contributed by atoms with van der Waals surface area (Å²) in [4.78, 5) is 4.75. The molecule has 1 saturated carbocycles. The normalized spacial score (nSPS) is 25.4. The summed E-state index contributed by atoms with van der Waals surface area (Å²) in [6.45, 7) is 0. The Morgan fingerprint density at radius 3 is 2.76 bits per heavy atom. The van der Waals surface area contributed by atoms with Crippen molar-refractivity contribution < 1.29 is 4.39 Å². The van der Waals surface area contributed by atoms with Crippen molar-refractivity contribution >= 4 is 44.2 Å². The summed E-state index contributed by atoms with van der Waals surface area (Å²) < 4.78 is 15.8. The number of amidine groups is 1. The molecule has 0 amide bonds. The maximum Gasteiger partial charge on any atom is 0.154 e. The van der Waals surface area contributed by atoms with E-state index >= 15 is 0 Å². The van der Waals surface area contributed by atoms with E-state index in [-0.39, 0.29) is 5.82 Å². The Bertz CT molecular complexity index is 824. The first-order valence-corrected chi connectivity index (χ1v) is 10.2. The molecule has 1 aliphatic carbocycles. The average Bonchev–Trinajstić information content (AvgIpc) is 3.02. The fraction of sp³-hybridized carbons (Fsp3) is 0.316. The minimum absolute atomic E-state index is 0.197. The number of thioether (sulfide) groups is 1. The smallest absolute Gasteiger partial charge is 0.154 e. The highest BCUT2D eigenvalue weighted by molar-refractivity contribution is 9.10. The molecule has 0 saturated heterocycles. The number of nitrogens with one attached hydrogen (secondary N) is 1. The molecule has 4 rings (SSSR count). The zero-order valence-corrected chi connectivity index (χ0v) is 16.0. The maximum atomic E-state index is 14.8. The van der Waals surface area contributed by atoms with Gasteiger partial charge in [-0.2, -0.15) is 0 Å². The second kappa shape index (κ2) is 6.65. The van der Waals surface area contributed by atoms with Crippen LogP contribution >= 0.6 is 27.7 Å². The average molecular weight is 420 g/mol. The monoisotopic (exact) mass is 419 g/mol. The summed E-state index contributed by atoms with van der Waals surface area (Å²) in [5, 5.41) is 3.93. The van der Waals surface area contributed by atoms with Gasteiger partial charge in [-0.05, 0) is 61.2 Å². The lowest BCUT2D eigenvalue weighted by atomic mass is 9.81. The Kier molecular flexibility index (Phi) is 4.50. The highest BCUT2D eigenvalue weighted by atomic mass is 79.9. The van der Waals surface area contributed by atoms with Gasteiger partial charge in [-0.3, -0.25) is 4.99 Å². The molecule has 3 nitrogen and oxygen atoms in total. The lowest BCUT2D eigenvalue weighted by Crippen LogP contribution is -2.37. The summed E-state index contributed by atoms with van der Waals surface area (Å²) in [6, 6.07) is 13.1. The molecule has 2 aromatic rings. The van der Waals surface area contributed by atoms with Crippen LogP contribution < -0.4 is 11.1 Å². The molecule has 130 valence electrons. The van der Waals surface area contributed by atoms with E-state index in [1.54, 1.807) is 17.8 Å². The van der Waals surface area contributed by atoms with Crippen molar-refractivity contribution in [2.75, 3.05) is 11.1 Å². The molecule has 0 spiro atoms. The molecule has 25 heavy (non-hydrogen) atoms. The molecule has 0 aromatic heterocycles. The Morgan fingerprint density at radius 1 is 1.20 bits per heavy atom. The number of benzene rings is 2. The van der Waals surface area contributed by atoms with Crippen LogP contribution in [0.25, 0.3) is 0 Å². The molecule has 3 N–H and O–H groups in total. The molecular weight excluding hydrogens is 401 g/mol. The standard InChI is InChI=1S/C19H19BrFN3S/c20-13-3-5-14(6-4-13)23-15-7-8-17(21)16(10-15)19-9-1-2-12(19)11-25-18(22)24-19/h3-8,10,12,23H,1-2,9,11H2,(H2,22,24)/t12-,19-/m0/s1. The summed E-state index contributed by atoms with van der Waals surface area (Å²) in [5.74, 6) is 1.07. The van der Waals surface area contributed by atoms with Gasteiger partial charge in [-0.15, -0.1) is 0 Å². The summed E-state index contributed by atoms with van der Waals surface area (Å²) in [5.41, 5.74) is 8.00. The highest BCUT2D eigenvalue weighted by Crippen LogP contribution is 2.51. The molecule has 1 heterocycles. The molecule has 0 radical (unpaired) electrons. The van der Waals surface area contributed by atoms with Gasteiger partial charge in [0, 0.05) is 27.2 Å². The number of anilines is 2. The number of hydrogen-bond acceptors (Lipinski definition) is 4. The van der Waals surface area contributed by atoms with Crippen LogP contribution in [-0.4, -0.2) is 10.9 Å². The third-order valence-corrected chi connectivity index (χ3v) is 6.58. The van der Waals surface area contributed by atoms with Crippen molar-refractivity contribution in [2.45, 2.75) is 24.8 Å². The van der Waals surface area contributed by atoms with E-state index in [0.29, 0.717) is 16.6 Å². The Labute approximate surface area is 159 Å². The van der Waals surface area contributed by atoms with E-state index in [9.17, 15) is 4.39 Å². The molecular formula is C19H19BrFN3S. The van der Waals surface area contributed by atoms with Gasteiger partial charge in [0.1, 0.15) is 5.82 Å². The van der Waals surface area contributed by atoms with E-state index in [1.165, 1.54) is 6.07 Å². The number of rotatable bonds is 3. The molecule has 1 aliphatic heterocycles. The van der Waals surface area contributed by atoms with E-state index in [4.69, 9.17) is 10.7 Å². The predicted octanol–water partition coefficient (Wildman–Crippen LogP) is 5.39. The van der Waals surface area contributed by atoms with Crippen molar-refractivity contribution in [3.05, 3.63) is 58.3 Å². The van der Waals surface area contributed by atoms with Crippen LogP contribution in [-0.2, 0) is 5.54 Å². The van der Waals surface area contributed by atoms with Crippen molar-refractivity contribution in [1.82, 2.24) is 0 Å².